The van der Waals surface area contributed by atoms with Crippen LogP contribution < -0.4 is 4.74 Å². The minimum Gasteiger partial charge on any atom is -0.490 e. The van der Waals surface area contributed by atoms with E-state index in [1.807, 2.05) is 24.3 Å². The number of benzene rings is 2. The van der Waals surface area contributed by atoms with Crippen LogP contribution in [0.3, 0.4) is 0 Å². The summed E-state index contributed by atoms with van der Waals surface area (Å²) in [4.78, 5) is 11.3. The zero-order chi connectivity index (χ0) is 13.9. The first-order valence-corrected chi connectivity index (χ1v) is 7.17. The normalized spacial score (nSPS) is 16.2. The van der Waals surface area contributed by atoms with Crippen LogP contribution in [0, 0.1) is 0 Å². The summed E-state index contributed by atoms with van der Waals surface area (Å²) < 4.78 is 6.11. The van der Waals surface area contributed by atoms with E-state index in [1.54, 1.807) is 12.1 Å². The molecular formula is C17H18O3. The fourth-order valence-electron chi connectivity index (χ4n) is 2.92. The van der Waals surface area contributed by atoms with Gasteiger partial charge in [0.2, 0.25) is 0 Å². The summed E-state index contributed by atoms with van der Waals surface area (Å²) in [6.45, 7) is 0. The van der Waals surface area contributed by atoms with Gasteiger partial charge in [0.25, 0.3) is 0 Å². The zero-order valence-corrected chi connectivity index (χ0v) is 11.3. The van der Waals surface area contributed by atoms with Gasteiger partial charge in [0.15, 0.2) is 0 Å². The van der Waals surface area contributed by atoms with Gasteiger partial charge in [-0.3, -0.25) is 0 Å². The standard InChI is InChI=1S/C17H18O3/c18-17(19)15-10-11-16(14-9-5-4-8-13(14)15)20-12-6-2-1-3-7-12/h4-5,8-12H,1-3,6-7H2,(H,18,19). The van der Waals surface area contributed by atoms with Crippen molar-refractivity contribution in [1.29, 1.82) is 0 Å². The molecule has 0 aliphatic heterocycles. The smallest absolute Gasteiger partial charge is 0.336 e. The fraction of sp³-hybridized carbons (Fsp3) is 0.353. The molecule has 0 amide bonds. The van der Waals surface area contributed by atoms with Crippen molar-refractivity contribution in [3.8, 4) is 5.75 Å². The van der Waals surface area contributed by atoms with Crippen molar-refractivity contribution in [2.75, 3.05) is 0 Å². The fourth-order valence-corrected chi connectivity index (χ4v) is 2.92. The number of carboxylic acid groups (broad SMARTS) is 1. The molecule has 1 fully saturated rings. The SMILES string of the molecule is O=C(O)c1ccc(OC2CCCCC2)c2ccccc12. The minimum atomic E-state index is -0.898. The lowest BCUT2D eigenvalue weighted by atomic mass is 9.97. The molecule has 0 atom stereocenters. The maximum atomic E-state index is 11.3. The molecule has 1 N–H and O–H groups in total. The maximum Gasteiger partial charge on any atom is 0.336 e. The first kappa shape index (κ1) is 13.0. The average Bonchev–Trinajstić information content (AvgIpc) is 2.48. The maximum absolute atomic E-state index is 11.3. The van der Waals surface area contributed by atoms with Crippen LogP contribution in [0.2, 0.25) is 0 Å². The first-order chi connectivity index (χ1) is 9.75. The zero-order valence-electron chi connectivity index (χ0n) is 11.3. The number of ether oxygens (including phenoxy) is 1. The number of hydrogen-bond donors (Lipinski definition) is 1. The van der Waals surface area contributed by atoms with Crippen molar-refractivity contribution in [2.45, 2.75) is 38.2 Å². The minimum absolute atomic E-state index is 0.267. The highest BCUT2D eigenvalue weighted by atomic mass is 16.5. The Morgan fingerprint density at radius 3 is 2.40 bits per heavy atom. The van der Waals surface area contributed by atoms with Crippen LogP contribution in [-0.2, 0) is 0 Å². The summed E-state index contributed by atoms with van der Waals surface area (Å²) >= 11 is 0. The monoisotopic (exact) mass is 270 g/mol. The summed E-state index contributed by atoms with van der Waals surface area (Å²) in [6.07, 6.45) is 6.18. The second-order valence-corrected chi connectivity index (χ2v) is 5.34. The predicted molar refractivity (Wildman–Crippen MR) is 78.4 cm³/mol. The molecule has 0 unspecified atom stereocenters. The Labute approximate surface area is 118 Å². The van der Waals surface area contributed by atoms with Crippen LogP contribution in [-0.4, -0.2) is 17.2 Å². The van der Waals surface area contributed by atoms with Crippen LogP contribution in [0.25, 0.3) is 10.8 Å². The lowest BCUT2D eigenvalue weighted by Gasteiger charge is -2.24. The summed E-state index contributed by atoms with van der Waals surface area (Å²) in [5.74, 6) is -0.0945. The van der Waals surface area contributed by atoms with Gasteiger partial charge in [-0.15, -0.1) is 0 Å². The molecule has 0 aromatic heterocycles. The molecule has 0 saturated heterocycles. The van der Waals surface area contributed by atoms with Crippen LogP contribution in [0.1, 0.15) is 42.5 Å². The van der Waals surface area contributed by atoms with Crippen molar-refractivity contribution in [3.05, 3.63) is 42.0 Å². The summed E-state index contributed by atoms with van der Waals surface area (Å²) in [6, 6.07) is 11.0. The average molecular weight is 270 g/mol. The van der Waals surface area contributed by atoms with Gasteiger partial charge in [-0.1, -0.05) is 30.7 Å². The van der Waals surface area contributed by atoms with Crippen molar-refractivity contribution in [2.24, 2.45) is 0 Å². The molecule has 104 valence electrons. The van der Waals surface area contributed by atoms with Crippen molar-refractivity contribution in [3.63, 3.8) is 0 Å². The second kappa shape index (κ2) is 5.53. The van der Waals surface area contributed by atoms with Gasteiger partial charge in [0.1, 0.15) is 5.75 Å². The highest BCUT2D eigenvalue weighted by Gasteiger charge is 2.17. The van der Waals surface area contributed by atoms with Crippen molar-refractivity contribution in [1.82, 2.24) is 0 Å². The third kappa shape index (κ3) is 2.48. The van der Waals surface area contributed by atoms with Gasteiger partial charge < -0.3 is 9.84 Å². The molecule has 0 heterocycles. The molecule has 2 aromatic rings. The second-order valence-electron chi connectivity index (χ2n) is 5.34. The summed E-state index contributed by atoms with van der Waals surface area (Å²) in [5.41, 5.74) is 0.330. The number of hydrogen-bond acceptors (Lipinski definition) is 2. The molecule has 20 heavy (non-hydrogen) atoms. The van der Waals surface area contributed by atoms with E-state index in [2.05, 4.69) is 0 Å². The van der Waals surface area contributed by atoms with E-state index in [4.69, 9.17) is 4.74 Å². The van der Waals surface area contributed by atoms with Crippen molar-refractivity contribution >= 4 is 16.7 Å². The molecule has 1 saturated carbocycles. The molecule has 3 nitrogen and oxygen atoms in total. The van der Waals surface area contributed by atoms with Crippen LogP contribution in [0.4, 0.5) is 0 Å². The van der Waals surface area contributed by atoms with Gasteiger partial charge in [0, 0.05) is 5.39 Å². The van der Waals surface area contributed by atoms with E-state index in [0.717, 1.165) is 29.4 Å². The third-order valence-electron chi connectivity index (χ3n) is 3.96. The summed E-state index contributed by atoms with van der Waals surface area (Å²) in [5, 5.41) is 10.9. The third-order valence-corrected chi connectivity index (χ3v) is 3.96. The molecule has 0 radical (unpaired) electrons. The van der Waals surface area contributed by atoms with Crippen LogP contribution in [0.15, 0.2) is 36.4 Å². The van der Waals surface area contributed by atoms with Gasteiger partial charge in [-0.2, -0.15) is 0 Å². The molecule has 3 rings (SSSR count). The largest absolute Gasteiger partial charge is 0.490 e. The van der Waals surface area contributed by atoms with Crippen LogP contribution >= 0.6 is 0 Å². The highest BCUT2D eigenvalue weighted by molar-refractivity contribution is 6.05. The van der Waals surface area contributed by atoms with E-state index in [0.29, 0.717) is 5.56 Å². The lowest BCUT2D eigenvalue weighted by Crippen LogP contribution is -2.19. The number of fused-ring (bicyclic) bond motifs is 1. The molecular weight excluding hydrogens is 252 g/mol. The van der Waals surface area contributed by atoms with E-state index in [9.17, 15) is 9.90 Å². The highest BCUT2D eigenvalue weighted by Crippen LogP contribution is 2.31. The van der Waals surface area contributed by atoms with E-state index in [-0.39, 0.29) is 6.10 Å². The Hall–Kier alpha value is -2.03. The molecule has 3 heteroatoms. The van der Waals surface area contributed by atoms with E-state index in [1.165, 1.54) is 19.3 Å². The Kier molecular flexibility index (Phi) is 3.59. The molecule has 0 bridgehead atoms. The quantitative estimate of drug-likeness (QED) is 0.907. The topological polar surface area (TPSA) is 46.5 Å². The number of carboxylic acids is 1. The van der Waals surface area contributed by atoms with Gasteiger partial charge in [-0.05, 0) is 43.2 Å². The molecule has 0 spiro atoms. The number of carbonyl (C=O) groups is 1. The number of rotatable bonds is 3. The summed E-state index contributed by atoms with van der Waals surface area (Å²) in [7, 11) is 0. The first-order valence-electron chi connectivity index (χ1n) is 7.17. The lowest BCUT2D eigenvalue weighted by molar-refractivity contribution is 0.0699. The Bertz CT molecular complexity index is 627. The van der Waals surface area contributed by atoms with Gasteiger partial charge in [-0.25, -0.2) is 4.79 Å². The van der Waals surface area contributed by atoms with Crippen LogP contribution in [0.5, 0.6) is 5.75 Å². The van der Waals surface area contributed by atoms with Gasteiger partial charge in [0.05, 0.1) is 11.7 Å². The van der Waals surface area contributed by atoms with Gasteiger partial charge >= 0.3 is 5.97 Å². The van der Waals surface area contributed by atoms with Crippen molar-refractivity contribution < 1.29 is 14.6 Å². The molecule has 1 aliphatic rings. The van der Waals surface area contributed by atoms with E-state index >= 15 is 0 Å². The van der Waals surface area contributed by atoms with E-state index < -0.39 is 5.97 Å². The Morgan fingerprint density at radius 1 is 1.00 bits per heavy atom. The predicted octanol–water partition coefficient (Wildman–Crippen LogP) is 4.25. The molecule has 1 aliphatic carbocycles. The number of aromatic carboxylic acids is 1. The Balaban J connectivity index is 1.99. The Morgan fingerprint density at radius 2 is 1.70 bits per heavy atom. The molecule has 2 aromatic carbocycles.